The second-order valence-corrected chi connectivity index (χ2v) is 9.49. The molecule has 1 aliphatic heterocycles. The van der Waals surface area contributed by atoms with E-state index in [0.29, 0.717) is 12.1 Å². The van der Waals surface area contributed by atoms with Gasteiger partial charge in [-0.25, -0.2) is 4.79 Å². The number of primary amides is 1. The molecule has 7 amide bonds. The summed E-state index contributed by atoms with van der Waals surface area (Å²) in [6, 6.07) is 4.26. The van der Waals surface area contributed by atoms with Crippen molar-refractivity contribution < 1.29 is 33.5 Å². The van der Waals surface area contributed by atoms with Crippen LogP contribution in [0.25, 0.3) is 0 Å². The monoisotopic (exact) mass is 557 g/mol. The molecule has 13 heteroatoms. The third-order valence-electron chi connectivity index (χ3n) is 5.92. The number of carbonyl (C=O) groups is 6. The highest BCUT2D eigenvalue weighted by molar-refractivity contribution is 6.12. The maximum absolute atomic E-state index is 13.1. The van der Waals surface area contributed by atoms with Gasteiger partial charge in [0, 0.05) is 30.8 Å². The molecule has 0 saturated heterocycles. The number of nitrogens with one attached hydrogen (secondary N) is 4. The fourth-order valence-electron chi connectivity index (χ4n) is 3.72. The summed E-state index contributed by atoms with van der Waals surface area (Å²) in [6.45, 7) is 7.69. The Balaban J connectivity index is 1.90. The van der Waals surface area contributed by atoms with Crippen molar-refractivity contribution in [3.05, 3.63) is 48.9 Å². The van der Waals surface area contributed by atoms with Crippen molar-refractivity contribution in [2.24, 2.45) is 11.7 Å². The fraction of sp³-hybridized carbons (Fsp3) is 0.444. The van der Waals surface area contributed by atoms with Gasteiger partial charge < -0.3 is 31.7 Å². The van der Waals surface area contributed by atoms with Gasteiger partial charge in [-0.1, -0.05) is 26.0 Å². The van der Waals surface area contributed by atoms with Crippen LogP contribution in [-0.2, 0) is 28.7 Å². The van der Waals surface area contributed by atoms with E-state index in [-0.39, 0.29) is 45.1 Å². The Morgan fingerprint density at radius 2 is 1.62 bits per heavy atom. The van der Waals surface area contributed by atoms with Gasteiger partial charge in [0.1, 0.15) is 12.1 Å². The summed E-state index contributed by atoms with van der Waals surface area (Å²) in [5, 5.41) is 10.6. The van der Waals surface area contributed by atoms with Gasteiger partial charge in [-0.2, -0.15) is 0 Å². The van der Waals surface area contributed by atoms with Crippen LogP contribution in [0.4, 0.5) is 10.5 Å². The van der Waals surface area contributed by atoms with Crippen LogP contribution in [-0.4, -0.2) is 78.9 Å². The Bertz CT molecular complexity index is 1090. The molecular weight excluding hydrogens is 520 g/mol. The largest absolute Gasteiger partial charge is 0.379 e. The molecule has 0 aliphatic carbocycles. The summed E-state index contributed by atoms with van der Waals surface area (Å²) in [5.41, 5.74) is 6.39. The molecular formula is C27H37N6O7. The third kappa shape index (κ3) is 10.8. The minimum atomic E-state index is -0.950. The molecule has 0 bridgehead atoms. The van der Waals surface area contributed by atoms with E-state index in [1.54, 1.807) is 38.1 Å². The average molecular weight is 558 g/mol. The van der Waals surface area contributed by atoms with E-state index in [2.05, 4.69) is 28.2 Å². The smallest absolute Gasteiger partial charge is 0.312 e. The average Bonchev–Trinajstić information content (AvgIpc) is 3.21. The van der Waals surface area contributed by atoms with Gasteiger partial charge >= 0.3 is 6.03 Å². The number of amides is 7. The Morgan fingerprint density at radius 1 is 0.975 bits per heavy atom. The predicted octanol–water partition coefficient (Wildman–Crippen LogP) is 0.213. The lowest BCUT2D eigenvalue weighted by Gasteiger charge is -2.25. The fourth-order valence-corrected chi connectivity index (χ4v) is 3.72. The molecule has 13 nitrogen and oxygen atoms in total. The standard InChI is InChI=1S/C27H37N6O7/c1-17(2)24(32-21(34)12-15-40-16-14-33-22(35)10-11-23(33)36)26(38)31-20(5-4-13-29-27(28)39)25(37)30-19-8-6-18(3)7-9-19/h6-11,17,20,24H,3-5,12-16H2,1-2H3,(H,30,37)(H,31,38)(H,32,34)(H3,28,29,39)/t20-,24-/m0/s1. The Hall–Kier alpha value is -4.26. The van der Waals surface area contributed by atoms with Gasteiger partial charge in [0.15, 0.2) is 0 Å². The SMILES string of the molecule is [CH2]c1ccc(NC(=O)[C@H](CCCNC(N)=O)NC(=O)[C@@H](NC(=O)CCOCCN2C(=O)C=CC2=O)C(C)C)cc1. The molecule has 40 heavy (non-hydrogen) atoms. The van der Waals surface area contributed by atoms with Crippen molar-refractivity contribution in [1.82, 2.24) is 20.9 Å². The molecule has 1 aromatic rings. The number of ether oxygens (including phenoxy) is 1. The second kappa shape index (κ2) is 16.0. The molecule has 1 aromatic carbocycles. The first-order valence-corrected chi connectivity index (χ1v) is 12.9. The van der Waals surface area contributed by atoms with Gasteiger partial charge in [0.2, 0.25) is 17.7 Å². The van der Waals surface area contributed by atoms with Crippen LogP contribution < -0.4 is 27.0 Å². The lowest BCUT2D eigenvalue weighted by Crippen LogP contribution is -2.54. The molecule has 0 spiro atoms. The van der Waals surface area contributed by atoms with Crippen LogP contribution in [0.1, 0.15) is 38.7 Å². The molecule has 6 N–H and O–H groups in total. The van der Waals surface area contributed by atoms with E-state index in [9.17, 15) is 28.8 Å². The zero-order valence-corrected chi connectivity index (χ0v) is 22.7. The molecule has 217 valence electrons. The number of anilines is 1. The third-order valence-corrected chi connectivity index (χ3v) is 5.92. The van der Waals surface area contributed by atoms with Gasteiger partial charge in [0.05, 0.1) is 19.8 Å². The van der Waals surface area contributed by atoms with Crippen molar-refractivity contribution in [2.45, 2.75) is 45.2 Å². The summed E-state index contributed by atoms with van der Waals surface area (Å²) in [7, 11) is 0. The first-order valence-electron chi connectivity index (χ1n) is 12.9. The van der Waals surface area contributed by atoms with Crippen LogP contribution in [0.15, 0.2) is 36.4 Å². The zero-order valence-electron chi connectivity index (χ0n) is 22.7. The zero-order chi connectivity index (χ0) is 29.7. The maximum atomic E-state index is 13.1. The molecule has 2 rings (SSSR count). The highest BCUT2D eigenvalue weighted by Gasteiger charge is 2.29. The summed E-state index contributed by atoms with van der Waals surface area (Å²) in [4.78, 5) is 73.7. The minimum absolute atomic E-state index is 0.0197. The Labute approximate surface area is 233 Å². The molecule has 1 aliphatic rings. The summed E-state index contributed by atoms with van der Waals surface area (Å²) < 4.78 is 5.37. The predicted molar refractivity (Wildman–Crippen MR) is 146 cm³/mol. The molecule has 1 radical (unpaired) electrons. The summed E-state index contributed by atoms with van der Waals surface area (Å²) in [5.74, 6) is -2.57. The van der Waals surface area contributed by atoms with Crippen molar-refractivity contribution in [1.29, 1.82) is 0 Å². The molecule has 0 saturated carbocycles. The number of hydrogen-bond acceptors (Lipinski definition) is 7. The van der Waals surface area contributed by atoms with Crippen LogP contribution >= 0.6 is 0 Å². The van der Waals surface area contributed by atoms with Crippen LogP contribution in [0.5, 0.6) is 0 Å². The van der Waals surface area contributed by atoms with Crippen LogP contribution in [0.2, 0.25) is 0 Å². The van der Waals surface area contributed by atoms with Crippen LogP contribution in [0.3, 0.4) is 0 Å². The van der Waals surface area contributed by atoms with E-state index in [1.165, 1.54) is 12.2 Å². The quantitative estimate of drug-likeness (QED) is 0.142. The minimum Gasteiger partial charge on any atom is -0.379 e. The van der Waals surface area contributed by atoms with Crippen LogP contribution in [0, 0.1) is 12.8 Å². The maximum Gasteiger partial charge on any atom is 0.312 e. The first kappa shape index (κ1) is 32.0. The highest BCUT2D eigenvalue weighted by atomic mass is 16.5. The number of nitrogens with zero attached hydrogens (tertiary/aromatic N) is 1. The van der Waals surface area contributed by atoms with Gasteiger partial charge in [-0.05, 0) is 43.4 Å². The van der Waals surface area contributed by atoms with Crippen molar-refractivity contribution in [2.75, 3.05) is 31.6 Å². The van der Waals surface area contributed by atoms with Gasteiger partial charge in [-0.3, -0.25) is 28.9 Å². The number of nitrogens with two attached hydrogens (primary N) is 1. The topological polar surface area (TPSA) is 189 Å². The lowest BCUT2D eigenvalue weighted by atomic mass is 10.0. The molecule has 2 atom stereocenters. The number of urea groups is 1. The molecule has 1 heterocycles. The van der Waals surface area contributed by atoms with Gasteiger partial charge in [-0.15, -0.1) is 0 Å². The van der Waals surface area contributed by atoms with E-state index in [0.717, 1.165) is 10.5 Å². The highest BCUT2D eigenvalue weighted by Crippen LogP contribution is 2.11. The summed E-state index contributed by atoms with van der Waals surface area (Å²) >= 11 is 0. The Kier molecular flexibility index (Phi) is 12.8. The lowest BCUT2D eigenvalue weighted by molar-refractivity contribution is -0.138. The number of benzene rings is 1. The Morgan fingerprint density at radius 3 is 2.23 bits per heavy atom. The van der Waals surface area contributed by atoms with Crippen molar-refractivity contribution in [3.8, 4) is 0 Å². The van der Waals surface area contributed by atoms with Crippen molar-refractivity contribution >= 4 is 41.3 Å². The molecule has 0 unspecified atom stereocenters. The normalized spacial score (nSPS) is 14.2. The number of imide groups is 1. The summed E-state index contributed by atoms with van der Waals surface area (Å²) in [6.07, 6.45) is 2.87. The second-order valence-electron chi connectivity index (χ2n) is 9.49. The number of rotatable bonds is 16. The van der Waals surface area contributed by atoms with E-state index >= 15 is 0 Å². The number of carbonyl (C=O) groups excluding carboxylic acids is 6. The van der Waals surface area contributed by atoms with Crippen molar-refractivity contribution in [3.63, 3.8) is 0 Å². The molecule has 0 fully saturated rings. The van der Waals surface area contributed by atoms with E-state index < -0.39 is 47.7 Å². The van der Waals surface area contributed by atoms with Gasteiger partial charge in [0.25, 0.3) is 11.8 Å². The van der Waals surface area contributed by atoms with E-state index in [1.807, 2.05) is 0 Å². The molecule has 0 aromatic heterocycles. The van der Waals surface area contributed by atoms with E-state index in [4.69, 9.17) is 10.5 Å². The first-order chi connectivity index (χ1) is 19.0. The number of hydrogen-bond donors (Lipinski definition) is 5.